The highest BCUT2D eigenvalue weighted by molar-refractivity contribution is 6.27. The third kappa shape index (κ3) is 4.41. The summed E-state index contributed by atoms with van der Waals surface area (Å²) in [4.78, 5) is 13.9. The van der Waals surface area contributed by atoms with Gasteiger partial charge < -0.3 is 0 Å². The molecule has 9 rings (SSSR count). The first-order chi connectivity index (χ1) is 22.8. The summed E-state index contributed by atoms with van der Waals surface area (Å²) in [5.41, 5.74) is 10.9. The van der Waals surface area contributed by atoms with Crippen LogP contribution in [0.3, 0.4) is 0 Å². The second kappa shape index (κ2) is 10.8. The highest BCUT2D eigenvalue weighted by Gasteiger charge is 2.16. The molecule has 0 saturated carbocycles. The van der Waals surface area contributed by atoms with Crippen LogP contribution in [0.2, 0.25) is 0 Å². The maximum absolute atomic E-state index is 4.68. The summed E-state index contributed by atoms with van der Waals surface area (Å²) in [6, 6.07) is 51.8. The Morgan fingerprint density at radius 2 is 0.717 bits per heavy atom. The number of hydrogen-bond donors (Lipinski definition) is 0. The molecule has 0 aliphatic rings. The second-order valence-electron chi connectivity index (χ2n) is 11.7. The molecule has 3 aromatic heterocycles. The molecule has 0 aliphatic carbocycles. The molecule has 0 N–H and O–H groups in total. The molecule has 3 nitrogen and oxygen atoms in total. The highest BCUT2D eigenvalue weighted by Crippen LogP contribution is 2.43. The van der Waals surface area contributed by atoms with Gasteiger partial charge in [-0.1, -0.05) is 91.0 Å². The van der Waals surface area contributed by atoms with Gasteiger partial charge in [-0.15, -0.1) is 0 Å². The van der Waals surface area contributed by atoms with Gasteiger partial charge in [-0.25, -0.2) is 0 Å². The molecule has 0 aliphatic heterocycles. The van der Waals surface area contributed by atoms with Crippen molar-refractivity contribution in [2.75, 3.05) is 0 Å². The zero-order chi connectivity index (χ0) is 30.5. The van der Waals surface area contributed by atoms with Crippen LogP contribution in [-0.4, -0.2) is 15.0 Å². The molecule has 0 fully saturated rings. The lowest BCUT2D eigenvalue weighted by molar-refractivity contribution is 1.31. The SMILES string of the molecule is c1ccc(-c2ccc(-c3ccc4ccc5c(-c6cc(-c7ccccn7)cc(-c7ccccn7)c6)ccc6ccc3c4c65)cc2)nc1. The van der Waals surface area contributed by atoms with Gasteiger partial charge in [0, 0.05) is 35.3 Å². The Bertz CT molecular complexity index is 2430. The van der Waals surface area contributed by atoms with E-state index >= 15 is 0 Å². The van der Waals surface area contributed by atoms with Crippen molar-refractivity contribution in [3.8, 4) is 56.0 Å². The zero-order valence-corrected chi connectivity index (χ0v) is 24.9. The van der Waals surface area contributed by atoms with Crippen molar-refractivity contribution in [3.05, 3.63) is 164 Å². The topological polar surface area (TPSA) is 38.7 Å². The molecule has 6 aromatic carbocycles. The molecule has 46 heavy (non-hydrogen) atoms. The average molecular weight is 586 g/mol. The van der Waals surface area contributed by atoms with Crippen molar-refractivity contribution in [2.45, 2.75) is 0 Å². The molecule has 0 bridgehead atoms. The Hall–Kier alpha value is -6.19. The third-order valence-electron chi connectivity index (χ3n) is 8.99. The first-order valence-corrected chi connectivity index (χ1v) is 15.5. The summed E-state index contributed by atoms with van der Waals surface area (Å²) in [6.07, 6.45) is 5.54. The van der Waals surface area contributed by atoms with Gasteiger partial charge in [-0.05, 0) is 109 Å². The van der Waals surface area contributed by atoms with Crippen LogP contribution in [0.15, 0.2) is 164 Å². The van der Waals surface area contributed by atoms with Crippen LogP contribution in [-0.2, 0) is 0 Å². The monoisotopic (exact) mass is 585 g/mol. The summed E-state index contributed by atoms with van der Waals surface area (Å²) in [6.45, 7) is 0. The van der Waals surface area contributed by atoms with Crippen molar-refractivity contribution >= 4 is 32.3 Å². The van der Waals surface area contributed by atoms with Crippen LogP contribution in [0, 0.1) is 0 Å². The van der Waals surface area contributed by atoms with E-state index in [0.717, 1.165) is 39.3 Å². The molecule has 214 valence electrons. The van der Waals surface area contributed by atoms with Crippen LogP contribution >= 0.6 is 0 Å². The normalized spacial score (nSPS) is 11.5. The van der Waals surface area contributed by atoms with E-state index in [1.165, 1.54) is 49.0 Å². The van der Waals surface area contributed by atoms with Gasteiger partial charge in [0.2, 0.25) is 0 Å². The molecular formula is C43H27N3. The minimum Gasteiger partial charge on any atom is -0.256 e. The first-order valence-electron chi connectivity index (χ1n) is 15.5. The largest absolute Gasteiger partial charge is 0.256 e. The molecule has 9 aromatic rings. The van der Waals surface area contributed by atoms with E-state index in [2.05, 4.69) is 118 Å². The average Bonchev–Trinajstić information content (AvgIpc) is 3.14. The van der Waals surface area contributed by atoms with Gasteiger partial charge in [0.05, 0.1) is 17.1 Å². The molecule has 0 radical (unpaired) electrons. The highest BCUT2D eigenvalue weighted by atomic mass is 14.7. The van der Waals surface area contributed by atoms with Crippen LogP contribution in [0.4, 0.5) is 0 Å². The van der Waals surface area contributed by atoms with E-state index in [-0.39, 0.29) is 0 Å². The molecular weight excluding hydrogens is 558 g/mol. The van der Waals surface area contributed by atoms with Gasteiger partial charge in [0.15, 0.2) is 0 Å². The smallest absolute Gasteiger partial charge is 0.0702 e. The fourth-order valence-corrected chi connectivity index (χ4v) is 6.80. The lowest BCUT2D eigenvalue weighted by atomic mass is 9.86. The molecule has 0 atom stereocenters. The Morgan fingerprint density at radius 3 is 1.20 bits per heavy atom. The first kappa shape index (κ1) is 26.2. The number of benzene rings is 6. The number of nitrogens with zero attached hydrogens (tertiary/aromatic N) is 3. The third-order valence-corrected chi connectivity index (χ3v) is 8.99. The number of rotatable bonds is 5. The maximum atomic E-state index is 4.68. The Balaban J connectivity index is 1.24. The molecule has 0 spiro atoms. The molecule has 0 saturated heterocycles. The van der Waals surface area contributed by atoms with Gasteiger partial charge >= 0.3 is 0 Å². The van der Waals surface area contributed by atoms with Crippen molar-refractivity contribution in [1.29, 1.82) is 0 Å². The van der Waals surface area contributed by atoms with Gasteiger partial charge in [-0.3, -0.25) is 15.0 Å². The van der Waals surface area contributed by atoms with Crippen LogP contribution in [0.1, 0.15) is 0 Å². The van der Waals surface area contributed by atoms with Gasteiger partial charge in [-0.2, -0.15) is 0 Å². The van der Waals surface area contributed by atoms with E-state index in [1.807, 2.05) is 61.1 Å². The van der Waals surface area contributed by atoms with E-state index in [0.29, 0.717) is 0 Å². The number of aromatic nitrogens is 3. The summed E-state index contributed by atoms with van der Waals surface area (Å²) < 4.78 is 0. The van der Waals surface area contributed by atoms with Crippen molar-refractivity contribution in [3.63, 3.8) is 0 Å². The van der Waals surface area contributed by atoms with E-state index in [1.54, 1.807) is 0 Å². The predicted molar refractivity (Wildman–Crippen MR) is 191 cm³/mol. The molecule has 0 amide bonds. The van der Waals surface area contributed by atoms with Crippen molar-refractivity contribution < 1.29 is 0 Å². The Labute approximate surface area is 266 Å². The number of hydrogen-bond acceptors (Lipinski definition) is 3. The Morgan fingerprint density at radius 1 is 0.304 bits per heavy atom. The quantitative estimate of drug-likeness (QED) is 0.189. The van der Waals surface area contributed by atoms with Crippen molar-refractivity contribution in [2.24, 2.45) is 0 Å². The van der Waals surface area contributed by atoms with Crippen LogP contribution in [0.25, 0.3) is 88.3 Å². The zero-order valence-electron chi connectivity index (χ0n) is 24.9. The van der Waals surface area contributed by atoms with Crippen molar-refractivity contribution in [1.82, 2.24) is 15.0 Å². The maximum Gasteiger partial charge on any atom is 0.0702 e. The summed E-state index contributed by atoms with van der Waals surface area (Å²) in [5.74, 6) is 0. The lowest BCUT2D eigenvalue weighted by Gasteiger charge is -2.17. The predicted octanol–water partition coefficient (Wildman–Crippen LogP) is 11.1. The minimum absolute atomic E-state index is 0.943. The van der Waals surface area contributed by atoms with Crippen LogP contribution < -0.4 is 0 Å². The minimum atomic E-state index is 0.943. The standard InChI is InChI=1S/C43H27N3/c1-4-22-44-39(7-1)29-12-10-28(11-13-29)35-18-14-30-17-21-38-36(19-15-31-16-20-37(35)42(30)43(31)38)32-25-33(40-8-2-5-23-45-40)27-34(26-32)41-9-3-6-24-46-41/h1-27H. The summed E-state index contributed by atoms with van der Waals surface area (Å²) >= 11 is 0. The molecule has 0 unspecified atom stereocenters. The van der Waals surface area contributed by atoms with Gasteiger partial charge in [0.1, 0.15) is 0 Å². The number of pyridine rings is 3. The second-order valence-corrected chi connectivity index (χ2v) is 11.7. The summed E-state index contributed by atoms with van der Waals surface area (Å²) in [5, 5.41) is 7.58. The van der Waals surface area contributed by atoms with Crippen LogP contribution in [0.5, 0.6) is 0 Å². The lowest BCUT2D eigenvalue weighted by Crippen LogP contribution is -1.92. The molecule has 3 heteroatoms. The van der Waals surface area contributed by atoms with E-state index < -0.39 is 0 Å². The van der Waals surface area contributed by atoms with E-state index in [4.69, 9.17) is 0 Å². The Kier molecular flexibility index (Phi) is 6.14. The summed E-state index contributed by atoms with van der Waals surface area (Å²) in [7, 11) is 0. The van der Waals surface area contributed by atoms with Gasteiger partial charge in [0.25, 0.3) is 0 Å². The van der Waals surface area contributed by atoms with E-state index in [9.17, 15) is 0 Å². The molecule has 3 heterocycles. The fraction of sp³-hybridized carbons (Fsp3) is 0. The fourth-order valence-electron chi connectivity index (χ4n) is 6.80.